The van der Waals surface area contributed by atoms with Gasteiger partial charge in [0.1, 0.15) is 11.6 Å². The standard InChI is InChI=1S/C17H17ClF2N2O3S/c1-2-9-22(26(24,25)14-6-3-12(18)4-7-14)11-17(23)21-16-8-5-13(19)10-15(16)20/h3-8,10H,2,9,11H2,1H3,(H,21,23). The Hall–Kier alpha value is -2.03. The van der Waals surface area contributed by atoms with Gasteiger partial charge in [0.2, 0.25) is 15.9 Å². The molecule has 26 heavy (non-hydrogen) atoms. The molecule has 0 radical (unpaired) electrons. The average molecular weight is 403 g/mol. The summed E-state index contributed by atoms with van der Waals surface area (Å²) in [7, 11) is -3.92. The summed E-state index contributed by atoms with van der Waals surface area (Å²) in [6.45, 7) is 1.36. The van der Waals surface area contributed by atoms with Gasteiger partial charge in [-0.3, -0.25) is 4.79 Å². The minimum absolute atomic E-state index is 0.00360. The van der Waals surface area contributed by atoms with Crippen LogP contribution in [0.1, 0.15) is 13.3 Å². The molecule has 9 heteroatoms. The van der Waals surface area contributed by atoms with Crippen LogP contribution in [0.2, 0.25) is 5.02 Å². The van der Waals surface area contributed by atoms with E-state index in [0.717, 1.165) is 16.4 Å². The normalized spacial score (nSPS) is 11.6. The molecule has 1 amide bonds. The van der Waals surface area contributed by atoms with Crippen LogP contribution in [-0.2, 0) is 14.8 Å². The van der Waals surface area contributed by atoms with E-state index in [0.29, 0.717) is 17.5 Å². The highest BCUT2D eigenvalue weighted by Crippen LogP contribution is 2.19. The van der Waals surface area contributed by atoms with Gasteiger partial charge < -0.3 is 5.32 Å². The molecule has 0 aromatic heterocycles. The van der Waals surface area contributed by atoms with Crippen LogP contribution in [0.4, 0.5) is 14.5 Å². The SMILES string of the molecule is CCCN(CC(=O)Nc1ccc(F)cc1F)S(=O)(=O)c1ccc(Cl)cc1. The Labute approximate surface area is 155 Å². The van der Waals surface area contributed by atoms with Crippen molar-refractivity contribution in [3.63, 3.8) is 0 Å². The molecule has 0 aliphatic heterocycles. The molecule has 0 aliphatic rings. The fraction of sp³-hybridized carbons (Fsp3) is 0.235. The fourth-order valence-corrected chi connectivity index (χ4v) is 3.84. The van der Waals surface area contributed by atoms with Crippen molar-refractivity contribution in [1.82, 2.24) is 4.31 Å². The lowest BCUT2D eigenvalue weighted by Crippen LogP contribution is -2.38. The van der Waals surface area contributed by atoms with Crippen molar-refractivity contribution in [3.05, 3.63) is 59.1 Å². The minimum atomic E-state index is -3.92. The van der Waals surface area contributed by atoms with E-state index in [1.54, 1.807) is 6.92 Å². The summed E-state index contributed by atoms with van der Waals surface area (Å²) in [4.78, 5) is 12.2. The van der Waals surface area contributed by atoms with Crippen LogP contribution in [0.15, 0.2) is 47.4 Å². The van der Waals surface area contributed by atoms with E-state index in [1.165, 1.54) is 24.3 Å². The second-order valence-corrected chi connectivity index (χ2v) is 7.84. The van der Waals surface area contributed by atoms with Crippen LogP contribution in [0.3, 0.4) is 0 Å². The van der Waals surface area contributed by atoms with Crippen molar-refractivity contribution in [2.45, 2.75) is 18.2 Å². The van der Waals surface area contributed by atoms with Crippen LogP contribution in [0.5, 0.6) is 0 Å². The number of amides is 1. The molecule has 5 nitrogen and oxygen atoms in total. The third kappa shape index (κ3) is 5.00. The van der Waals surface area contributed by atoms with Crippen LogP contribution < -0.4 is 5.32 Å². The second kappa shape index (κ2) is 8.57. The number of carbonyl (C=O) groups excluding carboxylic acids is 1. The van der Waals surface area contributed by atoms with Crippen LogP contribution >= 0.6 is 11.6 Å². The van der Waals surface area contributed by atoms with Gasteiger partial charge in [0, 0.05) is 17.6 Å². The Morgan fingerprint density at radius 1 is 1.15 bits per heavy atom. The zero-order chi connectivity index (χ0) is 19.3. The van der Waals surface area contributed by atoms with Crippen LogP contribution in [-0.4, -0.2) is 31.7 Å². The minimum Gasteiger partial charge on any atom is -0.322 e. The van der Waals surface area contributed by atoms with Gasteiger partial charge in [0.05, 0.1) is 17.1 Å². The number of nitrogens with zero attached hydrogens (tertiary/aromatic N) is 1. The van der Waals surface area contributed by atoms with E-state index >= 15 is 0 Å². The first kappa shape index (κ1) is 20.3. The summed E-state index contributed by atoms with van der Waals surface area (Å²) in [5, 5.41) is 2.64. The Morgan fingerprint density at radius 3 is 2.38 bits per heavy atom. The maximum Gasteiger partial charge on any atom is 0.243 e. The highest BCUT2D eigenvalue weighted by Gasteiger charge is 2.26. The summed E-state index contributed by atoms with van der Waals surface area (Å²) >= 11 is 5.77. The van der Waals surface area contributed by atoms with Crippen molar-refractivity contribution in [1.29, 1.82) is 0 Å². The van der Waals surface area contributed by atoms with Gasteiger partial charge >= 0.3 is 0 Å². The summed E-state index contributed by atoms with van der Waals surface area (Å²) < 4.78 is 53.0. The van der Waals surface area contributed by atoms with Gasteiger partial charge in [0.25, 0.3) is 0 Å². The van der Waals surface area contributed by atoms with Crippen molar-refractivity contribution in [2.75, 3.05) is 18.4 Å². The molecular formula is C17H17ClF2N2O3S. The predicted octanol–water partition coefficient (Wildman–Crippen LogP) is 3.66. The molecule has 2 aromatic rings. The summed E-state index contributed by atoms with van der Waals surface area (Å²) in [6, 6.07) is 8.26. The molecule has 0 fully saturated rings. The Balaban J connectivity index is 2.18. The van der Waals surface area contributed by atoms with Gasteiger partial charge in [-0.05, 0) is 42.8 Å². The van der Waals surface area contributed by atoms with E-state index in [1.807, 2.05) is 0 Å². The first-order valence-corrected chi connectivity index (χ1v) is 9.56. The molecule has 1 N–H and O–H groups in total. The lowest BCUT2D eigenvalue weighted by molar-refractivity contribution is -0.116. The molecule has 0 aliphatic carbocycles. The van der Waals surface area contributed by atoms with E-state index in [9.17, 15) is 22.0 Å². The third-order valence-corrected chi connectivity index (χ3v) is 5.56. The molecule has 0 unspecified atom stereocenters. The van der Waals surface area contributed by atoms with Crippen molar-refractivity contribution >= 4 is 33.2 Å². The molecular weight excluding hydrogens is 386 g/mol. The van der Waals surface area contributed by atoms with Gasteiger partial charge in [-0.2, -0.15) is 4.31 Å². The average Bonchev–Trinajstić information content (AvgIpc) is 2.57. The first-order valence-electron chi connectivity index (χ1n) is 7.74. The highest BCUT2D eigenvalue weighted by atomic mass is 35.5. The molecule has 2 aromatic carbocycles. The van der Waals surface area contributed by atoms with E-state index in [2.05, 4.69) is 5.32 Å². The largest absolute Gasteiger partial charge is 0.322 e. The van der Waals surface area contributed by atoms with Gasteiger partial charge in [-0.1, -0.05) is 18.5 Å². The van der Waals surface area contributed by atoms with Crippen LogP contribution in [0.25, 0.3) is 0 Å². The highest BCUT2D eigenvalue weighted by molar-refractivity contribution is 7.89. The van der Waals surface area contributed by atoms with Gasteiger partial charge in [0.15, 0.2) is 0 Å². The molecule has 0 saturated heterocycles. The number of rotatable bonds is 7. The van der Waals surface area contributed by atoms with Crippen LogP contribution in [0, 0.1) is 11.6 Å². The fourth-order valence-electron chi connectivity index (χ4n) is 2.23. The number of hydrogen-bond acceptors (Lipinski definition) is 3. The van der Waals surface area contributed by atoms with Gasteiger partial charge in [-0.15, -0.1) is 0 Å². The molecule has 2 rings (SSSR count). The third-order valence-electron chi connectivity index (χ3n) is 3.45. The number of halogens is 3. The Bertz CT molecular complexity index is 889. The van der Waals surface area contributed by atoms with Crippen molar-refractivity contribution in [3.8, 4) is 0 Å². The van der Waals surface area contributed by atoms with E-state index in [4.69, 9.17) is 11.6 Å². The maximum atomic E-state index is 13.6. The smallest absolute Gasteiger partial charge is 0.243 e. The topological polar surface area (TPSA) is 66.5 Å². The summed E-state index contributed by atoms with van der Waals surface area (Å²) in [5.74, 6) is -2.46. The Morgan fingerprint density at radius 2 is 1.81 bits per heavy atom. The quantitative estimate of drug-likeness (QED) is 0.768. The predicted molar refractivity (Wildman–Crippen MR) is 95.5 cm³/mol. The lowest BCUT2D eigenvalue weighted by atomic mass is 10.3. The Kier molecular flexibility index (Phi) is 6.69. The number of carbonyl (C=O) groups is 1. The zero-order valence-corrected chi connectivity index (χ0v) is 15.4. The lowest BCUT2D eigenvalue weighted by Gasteiger charge is -2.21. The number of benzene rings is 2. The number of sulfonamides is 1. The number of anilines is 1. The monoisotopic (exact) mass is 402 g/mol. The first-order chi connectivity index (χ1) is 12.2. The van der Waals surface area contributed by atoms with Crippen molar-refractivity contribution in [2.24, 2.45) is 0 Å². The molecule has 0 atom stereocenters. The molecule has 0 spiro atoms. The summed E-state index contributed by atoms with van der Waals surface area (Å²) in [5.41, 5.74) is -0.225. The maximum absolute atomic E-state index is 13.6. The molecule has 0 bridgehead atoms. The number of nitrogens with one attached hydrogen (secondary N) is 1. The summed E-state index contributed by atoms with van der Waals surface area (Å²) in [6.07, 6.45) is 0.477. The number of hydrogen-bond donors (Lipinski definition) is 1. The molecule has 0 saturated carbocycles. The van der Waals surface area contributed by atoms with Gasteiger partial charge in [-0.25, -0.2) is 17.2 Å². The molecule has 0 heterocycles. The zero-order valence-electron chi connectivity index (χ0n) is 13.9. The van der Waals surface area contributed by atoms with E-state index in [-0.39, 0.29) is 17.1 Å². The molecule has 140 valence electrons. The van der Waals surface area contributed by atoms with Crippen molar-refractivity contribution < 1.29 is 22.0 Å². The van der Waals surface area contributed by atoms with E-state index < -0.39 is 34.1 Å². The second-order valence-electron chi connectivity index (χ2n) is 5.46.